The van der Waals surface area contributed by atoms with Crippen LogP contribution in [0.15, 0.2) is 0 Å². The largest absolute Gasteiger partial charge is 0.338 e. The molecule has 1 unspecified atom stereocenters. The number of likely N-dealkylation sites (tertiary alicyclic amines) is 1. The summed E-state index contributed by atoms with van der Waals surface area (Å²) in [5, 5.41) is 5.60. The van der Waals surface area contributed by atoms with Crippen molar-refractivity contribution in [2.45, 2.75) is 19.4 Å². The molecule has 2 N–H and O–H groups in total. The van der Waals surface area contributed by atoms with Crippen molar-refractivity contribution in [2.24, 2.45) is 0 Å². The van der Waals surface area contributed by atoms with Gasteiger partial charge in [-0.05, 0) is 13.3 Å². The summed E-state index contributed by atoms with van der Waals surface area (Å²) in [6.45, 7) is 4.02. The van der Waals surface area contributed by atoms with Crippen molar-refractivity contribution >= 4 is 21.9 Å². The van der Waals surface area contributed by atoms with Crippen molar-refractivity contribution in [1.29, 1.82) is 0 Å². The zero-order chi connectivity index (χ0) is 15.5. The number of sulfone groups is 1. The maximum Gasteiger partial charge on any atom is 0.317 e. The van der Waals surface area contributed by atoms with E-state index in [1.807, 2.05) is 6.92 Å². The molecule has 2 saturated heterocycles. The molecule has 0 aromatic rings. The number of nitrogens with zero attached hydrogens (tertiary/aromatic N) is 2. The summed E-state index contributed by atoms with van der Waals surface area (Å²) in [7, 11) is -2.99. The highest BCUT2D eigenvalue weighted by atomic mass is 32.2. The van der Waals surface area contributed by atoms with Crippen molar-refractivity contribution in [3.63, 3.8) is 0 Å². The zero-order valence-corrected chi connectivity index (χ0v) is 13.0. The average Bonchev–Trinajstić information content (AvgIpc) is 2.87. The van der Waals surface area contributed by atoms with E-state index in [1.165, 1.54) is 4.90 Å². The van der Waals surface area contributed by atoms with E-state index in [0.717, 1.165) is 6.42 Å². The summed E-state index contributed by atoms with van der Waals surface area (Å²) in [5.74, 6) is 0.0479. The van der Waals surface area contributed by atoms with Crippen LogP contribution >= 0.6 is 0 Å². The Morgan fingerprint density at radius 2 is 1.76 bits per heavy atom. The van der Waals surface area contributed by atoms with E-state index in [1.54, 1.807) is 4.90 Å². The van der Waals surface area contributed by atoms with Crippen LogP contribution in [-0.4, -0.2) is 80.6 Å². The molecule has 0 aromatic heterocycles. The lowest BCUT2D eigenvalue weighted by Gasteiger charge is -2.28. The molecule has 0 aromatic carbocycles. The van der Waals surface area contributed by atoms with Crippen LogP contribution in [0.5, 0.6) is 0 Å². The Morgan fingerprint density at radius 3 is 2.38 bits per heavy atom. The van der Waals surface area contributed by atoms with Gasteiger partial charge in [0.2, 0.25) is 0 Å². The Morgan fingerprint density at radius 1 is 1.10 bits per heavy atom. The van der Waals surface area contributed by atoms with Gasteiger partial charge in [0, 0.05) is 38.8 Å². The van der Waals surface area contributed by atoms with Gasteiger partial charge in [0.25, 0.3) is 0 Å². The molecule has 4 amide bonds. The lowest BCUT2D eigenvalue weighted by molar-refractivity contribution is 0.195. The normalized spacial score (nSPS) is 24.7. The highest BCUT2D eigenvalue weighted by Crippen LogP contribution is 2.11. The van der Waals surface area contributed by atoms with Crippen LogP contribution in [0.25, 0.3) is 0 Å². The first-order chi connectivity index (χ1) is 9.91. The molecule has 21 heavy (non-hydrogen) atoms. The Hall–Kier alpha value is -1.51. The van der Waals surface area contributed by atoms with Crippen LogP contribution in [0.1, 0.15) is 13.3 Å². The van der Waals surface area contributed by atoms with Gasteiger partial charge in [-0.2, -0.15) is 0 Å². The van der Waals surface area contributed by atoms with Gasteiger partial charge in [-0.3, -0.25) is 0 Å². The Labute approximate surface area is 124 Å². The fourth-order valence-corrected chi connectivity index (χ4v) is 3.71. The predicted molar refractivity (Wildman–Crippen MR) is 77.8 cm³/mol. The first-order valence-corrected chi connectivity index (χ1v) is 9.02. The Balaban J connectivity index is 1.78. The molecule has 8 nitrogen and oxygen atoms in total. The summed E-state index contributed by atoms with van der Waals surface area (Å²) in [6.07, 6.45) is 0.717. The van der Waals surface area contributed by atoms with Gasteiger partial charge in [-0.1, -0.05) is 0 Å². The fraction of sp³-hybridized carbons (Fsp3) is 0.833. The fourth-order valence-electron chi connectivity index (χ4n) is 2.51. The van der Waals surface area contributed by atoms with Crippen molar-refractivity contribution < 1.29 is 18.0 Å². The molecule has 9 heteroatoms. The van der Waals surface area contributed by atoms with Gasteiger partial charge in [0.05, 0.1) is 11.5 Å². The van der Waals surface area contributed by atoms with Crippen LogP contribution in [-0.2, 0) is 9.84 Å². The number of nitrogens with one attached hydrogen (secondary N) is 2. The zero-order valence-electron chi connectivity index (χ0n) is 12.2. The number of urea groups is 2. The molecule has 2 heterocycles. The van der Waals surface area contributed by atoms with E-state index >= 15 is 0 Å². The molecule has 0 saturated carbocycles. The lowest BCUT2D eigenvalue weighted by Crippen LogP contribution is -2.51. The van der Waals surface area contributed by atoms with E-state index < -0.39 is 9.84 Å². The molecule has 2 fully saturated rings. The monoisotopic (exact) mass is 318 g/mol. The molecule has 2 rings (SSSR count). The molecule has 0 bridgehead atoms. The number of hydrogen-bond acceptors (Lipinski definition) is 4. The second kappa shape index (κ2) is 6.50. The Bertz CT molecular complexity index is 493. The maximum absolute atomic E-state index is 12.1. The second-order valence-electron chi connectivity index (χ2n) is 5.36. The van der Waals surface area contributed by atoms with E-state index in [-0.39, 0.29) is 42.7 Å². The third kappa shape index (κ3) is 4.23. The summed E-state index contributed by atoms with van der Waals surface area (Å²) < 4.78 is 22.7. The number of rotatable bonds is 2. The minimum Gasteiger partial charge on any atom is -0.338 e. The molecular weight excluding hydrogens is 296 g/mol. The highest BCUT2D eigenvalue weighted by molar-refractivity contribution is 7.91. The standard InChI is InChI=1S/C12H22N4O4S/c1-2-13-11(17)16-4-3-10(9-16)14-12(18)15-5-7-21(19,20)8-6-15/h10H,2-9H2,1H3,(H,13,17)(H,14,18). The van der Waals surface area contributed by atoms with Gasteiger partial charge in [0.1, 0.15) is 0 Å². The molecular formula is C12H22N4O4S. The van der Waals surface area contributed by atoms with Gasteiger partial charge >= 0.3 is 12.1 Å². The molecule has 0 aliphatic carbocycles. The molecule has 2 aliphatic heterocycles. The van der Waals surface area contributed by atoms with Crippen molar-refractivity contribution in [2.75, 3.05) is 44.2 Å². The third-order valence-electron chi connectivity index (χ3n) is 3.76. The van der Waals surface area contributed by atoms with E-state index in [0.29, 0.717) is 19.6 Å². The van der Waals surface area contributed by atoms with Crippen LogP contribution in [0, 0.1) is 0 Å². The van der Waals surface area contributed by atoms with Crippen LogP contribution in [0.2, 0.25) is 0 Å². The predicted octanol–water partition coefficient (Wildman–Crippen LogP) is -0.770. The minimum absolute atomic E-state index is 0.0239. The molecule has 1 atom stereocenters. The summed E-state index contributed by atoms with van der Waals surface area (Å²) in [6, 6.07) is -0.426. The first kappa shape index (κ1) is 15.9. The van der Waals surface area contributed by atoms with Crippen molar-refractivity contribution in [1.82, 2.24) is 20.4 Å². The summed E-state index contributed by atoms with van der Waals surface area (Å²) in [4.78, 5) is 26.9. The maximum atomic E-state index is 12.1. The summed E-state index contributed by atoms with van der Waals surface area (Å²) in [5.41, 5.74) is 0. The minimum atomic E-state index is -2.99. The van der Waals surface area contributed by atoms with Gasteiger partial charge in [-0.15, -0.1) is 0 Å². The second-order valence-corrected chi connectivity index (χ2v) is 7.66. The number of amides is 4. The topological polar surface area (TPSA) is 98.8 Å². The van der Waals surface area contributed by atoms with E-state index in [9.17, 15) is 18.0 Å². The average molecular weight is 318 g/mol. The van der Waals surface area contributed by atoms with Crippen LogP contribution in [0.3, 0.4) is 0 Å². The molecule has 0 spiro atoms. The van der Waals surface area contributed by atoms with Crippen molar-refractivity contribution in [3.8, 4) is 0 Å². The number of carbonyl (C=O) groups excluding carboxylic acids is 2. The number of carbonyl (C=O) groups is 2. The van der Waals surface area contributed by atoms with Gasteiger partial charge in [0.15, 0.2) is 9.84 Å². The van der Waals surface area contributed by atoms with E-state index in [2.05, 4.69) is 10.6 Å². The van der Waals surface area contributed by atoms with Crippen LogP contribution in [0.4, 0.5) is 9.59 Å². The molecule has 0 radical (unpaired) electrons. The smallest absolute Gasteiger partial charge is 0.317 e. The van der Waals surface area contributed by atoms with E-state index in [4.69, 9.17) is 0 Å². The SMILES string of the molecule is CCNC(=O)N1CCC(NC(=O)N2CCS(=O)(=O)CC2)C1. The highest BCUT2D eigenvalue weighted by Gasteiger charge is 2.30. The lowest BCUT2D eigenvalue weighted by atomic mass is 10.3. The summed E-state index contributed by atoms with van der Waals surface area (Å²) >= 11 is 0. The quantitative estimate of drug-likeness (QED) is 0.698. The third-order valence-corrected chi connectivity index (χ3v) is 5.37. The number of hydrogen-bond donors (Lipinski definition) is 2. The first-order valence-electron chi connectivity index (χ1n) is 7.20. The van der Waals surface area contributed by atoms with Crippen molar-refractivity contribution in [3.05, 3.63) is 0 Å². The Kier molecular flexibility index (Phi) is 4.92. The van der Waals surface area contributed by atoms with Gasteiger partial charge in [-0.25, -0.2) is 18.0 Å². The van der Waals surface area contributed by atoms with Crippen LogP contribution < -0.4 is 10.6 Å². The molecule has 120 valence electrons. The van der Waals surface area contributed by atoms with Gasteiger partial charge < -0.3 is 20.4 Å². The molecule has 2 aliphatic rings.